The first-order valence-corrected chi connectivity index (χ1v) is 5.61. The van der Waals surface area contributed by atoms with E-state index in [0.29, 0.717) is 0 Å². The fraction of sp³-hybridized carbons (Fsp3) is 0.667. The Hall–Kier alpha value is -1.75. The van der Waals surface area contributed by atoms with Crippen LogP contribution in [0.2, 0.25) is 0 Å². The maximum Gasteiger partial charge on any atom is 0.229 e. The number of aliphatic hydroxyl groups excluding tert-OH is 4. The fourth-order valence-corrected chi connectivity index (χ4v) is 1.18. The van der Waals surface area contributed by atoms with Crippen molar-refractivity contribution < 1.29 is 20.4 Å². The minimum Gasteiger partial charge on any atom is -0.394 e. The van der Waals surface area contributed by atoms with E-state index in [1.165, 1.54) is 0 Å². The van der Waals surface area contributed by atoms with Crippen molar-refractivity contribution in [1.82, 2.24) is 15.0 Å². The van der Waals surface area contributed by atoms with Gasteiger partial charge in [0, 0.05) is 0 Å². The lowest BCUT2D eigenvalue weighted by atomic mass is 10.3. The van der Waals surface area contributed by atoms with E-state index in [0.717, 1.165) is 0 Å². The fourth-order valence-electron chi connectivity index (χ4n) is 1.18. The van der Waals surface area contributed by atoms with Crippen molar-refractivity contribution in [2.24, 2.45) is 0 Å². The smallest absolute Gasteiger partial charge is 0.229 e. The second kappa shape index (κ2) is 7.63. The molecule has 10 nitrogen and oxygen atoms in total. The molecule has 0 aliphatic rings. The maximum absolute atomic E-state index is 8.94. The summed E-state index contributed by atoms with van der Waals surface area (Å²) >= 11 is 0. The van der Waals surface area contributed by atoms with Gasteiger partial charge in [-0.15, -0.1) is 0 Å². The molecule has 0 aliphatic heterocycles. The third-order valence-electron chi connectivity index (χ3n) is 2.20. The lowest BCUT2D eigenvalue weighted by Gasteiger charge is -2.16. The molecule has 0 unspecified atom stereocenters. The quantitative estimate of drug-likeness (QED) is 0.259. The summed E-state index contributed by atoms with van der Waals surface area (Å²) in [6.07, 6.45) is 0. The first kappa shape index (κ1) is 15.3. The molecule has 1 heterocycles. The van der Waals surface area contributed by atoms with Gasteiger partial charge in [-0.1, -0.05) is 0 Å². The molecule has 0 saturated carbocycles. The molecule has 0 aliphatic carbocycles. The highest BCUT2D eigenvalue weighted by Crippen LogP contribution is 2.08. The molecule has 8 N–H and O–H groups in total. The van der Waals surface area contributed by atoms with E-state index in [1.807, 2.05) is 0 Å². The van der Waals surface area contributed by atoms with Gasteiger partial charge in [-0.25, -0.2) is 0 Å². The van der Waals surface area contributed by atoms with Crippen LogP contribution in [0.1, 0.15) is 0 Å². The first-order chi connectivity index (χ1) is 9.12. The zero-order valence-electron chi connectivity index (χ0n) is 10.2. The summed E-state index contributed by atoms with van der Waals surface area (Å²) in [5, 5.41) is 41.1. The second-order valence-corrected chi connectivity index (χ2v) is 3.75. The number of hydrogen-bond donors (Lipinski definition) is 7. The summed E-state index contributed by atoms with van der Waals surface area (Å²) in [7, 11) is 0. The van der Waals surface area contributed by atoms with Gasteiger partial charge in [-0.3, -0.25) is 0 Å². The van der Waals surface area contributed by atoms with Crippen LogP contribution in [0.25, 0.3) is 0 Å². The second-order valence-electron chi connectivity index (χ2n) is 3.75. The Morgan fingerprint density at radius 1 is 0.789 bits per heavy atom. The van der Waals surface area contributed by atoms with Crippen LogP contribution in [0.3, 0.4) is 0 Å². The Bertz CT molecular complexity index is 353. The Morgan fingerprint density at radius 3 is 1.47 bits per heavy atom. The standard InChI is InChI=1S/C9H18N6O4/c10-7-13-8(11-5(1-16)2-17)15-9(14-7)12-6(3-18)4-19/h5-6,16-19H,1-4H2,(H4,10,11,12,13,14,15). The Balaban J connectivity index is 2.81. The van der Waals surface area contributed by atoms with E-state index >= 15 is 0 Å². The van der Waals surface area contributed by atoms with Gasteiger partial charge in [0.15, 0.2) is 0 Å². The van der Waals surface area contributed by atoms with Gasteiger partial charge in [-0.05, 0) is 0 Å². The van der Waals surface area contributed by atoms with E-state index < -0.39 is 12.1 Å². The van der Waals surface area contributed by atoms with Crippen LogP contribution in [0.5, 0.6) is 0 Å². The number of nitrogen functional groups attached to an aromatic ring is 1. The van der Waals surface area contributed by atoms with Crippen LogP contribution < -0.4 is 16.4 Å². The predicted octanol–water partition coefficient (Wildman–Crippen LogP) is -3.02. The van der Waals surface area contributed by atoms with Crippen molar-refractivity contribution in [3.8, 4) is 0 Å². The molecule has 108 valence electrons. The predicted molar refractivity (Wildman–Crippen MR) is 67.4 cm³/mol. The summed E-state index contributed by atoms with van der Waals surface area (Å²) < 4.78 is 0. The van der Waals surface area contributed by atoms with Gasteiger partial charge in [0.25, 0.3) is 0 Å². The molecule has 1 rings (SSSR count). The van der Waals surface area contributed by atoms with E-state index in [2.05, 4.69) is 25.6 Å². The number of hydrogen-bond acceptors (Lipinski definition) is 10. The summed E-state index contributed by atoms with van der Waals surface area (Å²) in [6.45, 7) is -1.22. The van der Waals surface area contributed by atoms with Crippen molar-refractivity contribution in [1.29, 1.82) is 0 Å². The van der Waals surface area contributed by atoms with E-state index in [-0.39, 0.29) is 44.3 Å². The maximum atomic E-state index is 8.94. The molecule has 0 atom stereocenters. The summed E-state index contributed by atoms with van der Waals surface area (Å²) in [5.74, 6) is 0.0553. The van der Waals surface area contributed by atoms with Crippen LogP contribution in [0.15, 0.2) is 0 Å². The molecule has 0 fully saturated rings. The topological polar surface area (TPSA) is 170 Å². The molecule has 0 bridgehead atoms. The molecule has 1 aromatic heterocycles. The largest absolute Gasteiger partial charge is 0.394 e. The van der Waals surface area contributed by atoms with Crippen LogP contribution in [-0.2, 0) is 0 Å². The van der Waals surface area contributed by atoms with Crippen LogP contribution in [-0.4, -0.2) is 73.9 Å². The van der Waals surface area contributed by atoms with Gasteiger partial charge in [0.05, 0.1) is 38.5 Å². The normalized spacial score (nSPS) is 11.1. The van der Waals surface area contributed by atoms with Gasteiger partial charge in [0.1, 0.15) is 0 Å². The number of nitrogens with one attached hydrogen (secondary N) is 2. The van der Waals surface area contributed by atoms with Gasteiger partial charge in [0.2, 0.25) is 17.8 Å². The van der Waals surface area contributed by atoms with Gasteiger partial charge >= 0.3 is 0 Å². The number of anilines is 3. The summed E-state index contributed by atoms with van der Waals surface area (Å²) in [6, 6.07) is -1.25. The molecule has 10 heteroatoms. The Labute approximate surface area is 109 Å². The molecule has 0 aromatic carbocycles. The lowest BCUT2D eigenvalue weighted by molar-refractivity contribution is 0.203. The monoisotopic (exact) mass is 274 g/mol. The first-order valence-electron chi connectivity index (χ1n) is 5.61. The number of nitrogens with two attached hydrogens (primary N) is 1. The molecule has 0 spiro atoms. The Morgan fingerprint density at radius 2 is 1.16 bits per heavy atom. The molecular weight excluding hydrogens is 256 g/mol. The third-order valence-corrected chi connectivity index (χ3v) is 2.20. The van der Waals surface area contributed by atoms with Crippen LogP contribution in [0.4, 0.5) is 17.8 Å². The molecule has 19 heavy (non-hydrogen) atoms. The van der Waals surface area contributed by atoms with Crippen molar-refractivity contribution in [3.63, 3.8) is 0 Å². The average Bonchev–Trinajstić information content (AvgIpc) is 2.41. The van der Waals surface area contributed by atoms with E-state index in [9.17, 15) is 0 Å². The van der Waals surface area contributed by atoms with Crippen LogP contribution >= 0.6 is 0 Å². The van der Waals surface area contributed by atoms with Crippen LogP contribution in [0, 0.1) is 0 Å². The SMILES string of the molecule is Nc1nc(NC(CO)CO)nc(NC(CO)CO)n1. The minimum atomic E-state index is -0.624. The summed E-state index contributed by atoms with van der Waals surface area (Å²) in [4.78, 5) is 11.5. The number of rotatable bonds is 8. The molecule has 1 aromatic rings. The zero-order valence-corrected chi connectivity index (χ0v) is 10.2. The molecular formula is C9H18N6O4. The molecule has 0 amide bonds. The van der Waals surface area contributed by atoms with Crippen molar-refractivity contribution in [2.45, 2.75) is 12.1 Å². The average molecular weight is 274 g/mol. The van der Waals surface area contributed by atoms with E-state index in [1.54, 1.807) is 0 Å². The van der Waals surface area contributed by atoms with Crippen molar-refractivity contribution in [2.75, 3.05) is 42.8 Å². The van der Waals surface area contributed by atoms with E-state index in [4.69, 9.17) is 26.2 Å². The minimum absolute atomic E-state index is 0.0673. The third kappa shape index (κ3) is 4.79. The van der Waals surface area contributed by atoms with Gasteiger partial charge < -0.3 is 36.8 Å². The lowest BCUT2D eigenvalue weighted by Crippen LogP contribution is -2.31. The highest BCUT2D eigenvalue weighted by atomic mass is 16.3. The number of aromatic nitrogens is 3. The Kier molecular flexibility index (Phi) is 6.15. The van der Waals surface area contributed by atoms with Crippen molar-refractivity contribution in [3.05, 3.63) is 0 Å². The molecule has 0 saturated heterocycles. The highest BCUT2D eigenvalue weighted by molar-refractivity contribution is 5.41. The van der Waals surface area contributed by atoms with Crippen molar-refractivity contribution >= 4 is 17.8 Å². The summed E-state index contributed by atoms with van der Waals surface area (Å²) in [5.41, 5.74) is 5.48. The number of nitrogens with zero attached hydrogens (tertiary/aromatic N) is 3. The highest BCUT2D eigenvalue weighted by Gasteiger charge is 2.12. The van der Waals surface area contributed by atoms with Gasteiger partial charge in [-0.2, -0.15) is 15.0 Å². The molecule has 0 radical (unpaired) electrons. The zero-order chi connectivity index (χ0) is 14.3. The number of aliphatic hydroxyl groups is 4.